The van der Waals surface area contributed by atoms with Gasteiger partial charge in [0, 0.05) is 25.6 Å². The highest BCUT2D eigenvalue weighted by Crippen LogP contribution is 2.27. The number of carbonyl (C=O) groups excluding carboxylic acids is 2. The molecule has 0 aliphatic rings. The number of nitrogens with one attached hydrogen (secondary N) is 1. The fraction of sp³-hybridized carbons (Fsp3) is 0.263. The molecule has 7 heteroatoms. The summed E-state index contributed by atoms with van der Waals surface area (Å²) in [6, 6.07) is 10.0. The number of rotatable bonds is 7. The van der Waals surface area contributed by atoms with Crippen molar-refractivity contribution in [3.05, 3.63) is 59.7 Å². The molecule has 2 aromatic carbocycles. The first-order valence-corrected chi connectivity index (χ1v) is 8.17. The van der Waals surface area contributed by atoms with E-state index in [4.69, 9.17) is 4.74 Å². The molecule has 0 saturated heterocycles. The Kier molecular flexibility index (Phi) is 6.66. The molecule has 0 aliphatic carbocycles. The van der Waals surface area contributed by atoms with Crippen LogP contribution in [0, 0.1) is 11.6 Å². The number of halogens is 2. The summed E-state index contributed by atoms with van der Waals surface area (Å²) in [6.45, 7) is 4.05. The lowest BCUT2D eigenvalue weighted by Gasteiger charge is -2.23. The molecule has 0 aliphatic heterocycles. The van der Waals surface area contributed by atoms with Crippen molar-refractivity contribution in [1.29, 1.82) is 0 Å². The minimum Gasteiger partial charge on any atom is -0.492 e. The van der Waals surface area contributed by atoms with Gasteiger partial charge in [0.05, 0.1) is 12.3 Å². The first-order chi connectivity index (χ1) is 12.4. The lowest BCUT2D eigenvalue weighted by atomic mass is 10.2. The smallest absolute Gasteiger partial charge is 0.251 e. The Bertz CT molecular complexity index is 796. The summed E-state index contributed by atoms with van der Waals surface area (Å²) in [7, 11) is 0. The topological polar surface area (TPSA) is 58.6 Å². The molecule has 0 spiro atoms. The second-order valence-electron chi connectivity index (χ2n) is 5.46. The van der Waals surface area contributed by atoms with Crippen LogP contribution < -0.4 is 15.0 Å². The number of anilines is 1. The van der Waals surface area contributed by atoms with Gasteiger partial charge in [0.2, 0.25) is 5.91 Å². The number of ether oxygens (including phenoxy) is 1. The minimum atomic E-state index is -1.09. The SMILES string of the molecule is CCOc1ccccc1N(CCNC(=O)c1ccc(F)c(F)c1)C(C)=O. The van der Waals surface area contributed by atoms with Crippen LogP contribution in [0.5, 0.6) is 5.75 Å². The monoisotopic (exact) mass is 362 g/mol. The average molecular weight is 362 g/mol. The second-order valence-corrected chi connectivity index (χ2v) is 5.46. The summed E-state index contributed by atoms with van der Waals surface area (Å²) in [5.41, 5.74) is 0.608. The molecule has 0 heterocycles. The third kappa shape index (κ3) is 4.78. The van der Waals surface area contributed by atoms with E-state index < -0.39 is 17.5 Å². The Balaban J connectivity index is 2.04. The molecule has 1 N–H and O–H groups in total. The van der Waals surface area contributed by atoms with Crippen LogP contribution >= 0.6 is 0 Å². The van der Waals surface area contributed by atoms with Crippen LogP contribution in [0.15, 0.2) is 42.5 Å². The van der Waals surface area contributed by atoms with Crippen LogP contribution in [-0.2, 0) is 4.79 Å². The van der Waals surface area contributed by atoms with Crippen molar-refractivity contribution in [2.75, 3.05) is 24.6 Å². The number of nitrogens with zero attached hydrogens (tertiary/aromatic N) is 1. The highest BCUT2D eigenvalue weighted by Gasteiger charge is 2.16. The van der Waals surface area contributed by atoms with Gasteiger partial charge in [-0.2, -0.15) is 0 Å². The molecular weight excluding hydrogens is 342 g/mol. The highest BCUT2D eigenvalue weighted by atomic mass is 19.2. The molecule has 0 unspecified atom stereocenters. The second kappa shape index (κ2) is 8.94. The van der Waals surface area contributed by atoms with Crippen LogP contribution in [0.1, 0.15) is 24.2 Å². The number of hydrogen-bond donors (Lipinski definition) is 1. The Hall–Kier alpha value is -2.96. The first-order valence-electron chi connectivity index (χ1n) is 8.17. The van der Waals surface area contributed by atoms with E-state index in [-0.39, 0.29) is 24.6 Å². The Morgan fingerprint density at radius 2 is 1.85 bits per heavy atom. The average Bonchev–Trinajstić information content (AvgIpc) is 2.61. The van der Waals surface area contributed by atoms with E-state index in [1.807, 2.05) is 6.92 Å². The molecule has 2 rings (SSSR count). The van der Waals surface area contributed by atoms with Gasteiger partial charge in [0.1, 0.15) is 5.75 Å². The lowest BCUT2D eigenvalue weighted by Crippen LogP contribution is -2.37. The number of benzene rings is 2. The molecule has 5 nitrogen and oxygen atoms in total. The number of carbonyl (C=O) groups is 2. The van der Waals surface area contributed by atoms with Gasteiger partial charge >= 0.3 is 0 Å². The lowest BCUT2D eigenvalue weighted by molar-refractivity contribution is -0.116. The zero-order chi connectivity index (χ0) is 19.1. The van der Waals surface area contributed by atoms with Gasteiger partial charge in [-0.15, -0.1) is 0 Å². The Labute approximate surface area is 150 Å². The summed E-state index contributed by atoms with van der Waals surface area (Å²) < 4.78 is 31.7. The van der Waals surface area contributed by atoms with Gasteiger partial charge in [0.25, 0.3) is 5.91 Å². The summed E-state index contributed by atoms with van der Waals surface area (Å²) in [5.74, 6) is -2.30. The van der Waals surface area contributed by atoms with Crippen molar-refractivity contribution >= 4 is 17.5 Å². The van der Waals surface area contributed by atoms with Crippen molar-refractivity contribution in [3.8, 4) is 5.75 Å². The summed E-state index contributed by atoms with van der Waals surface area (Å²) in [5, 5.41) is 2.59. The maximum atomic E-state index is 13.2. The molecule has 0 saturated carbocycles. The summed E-state index contributed by atoms with van der Waals surface area (Å²) in [4.78, 5) is 25.5. The molecular formula is C19H20F2N2O3. The van der Waals surface area contributed by atoms with Crippen LogP contribution in [0.4, 0.5) is 14.5 Å². The van der Waals surface area contributed by atoms with Crippen molar-refractivity contribution < 1.29 is 23.1 Å². The molecule has 2 aromatic rings. The van der Waals surface area contributed by atoms with Gasteiger partial charge in [-0.25, -0.2) is 8.78 Å². The third-order valence-electron chi connectivity index (χ3n) is 3.64. The molecule has 26 heavy (non-hydrogen) atoms. The molecule has 138 valence electrons. The molecule has 0 bridgehead atoms. The molecule has 0 aromatic heterocycles. The van der Waals surface area contributed by atoms with E-state index in [0.29, 0.717) is 18.0 Å². The Morgan fingerprint density at radius 1 is 1.12 bits per heavy atom. The van der Waals surface area contributed by atoms with E-state index in [1.165, 1.54) is 17.9 Å². The Morgan fingerprint density at radius 3 is 2.50 bits per heavy atom. The molecule has 0 radical (unpaired) electrons. The summed E-state index contributed by atoms with van der Waals surface area (Å²) >= 11 is 0. The largest absolute Gasteiger partial charge is 0.492 e. The zero-order valence-corrected chi connectivity index (χ0v) is 14.6. The van der Waals surface area contributed by atoms with Crippen LogP contribution in [-0.4, -0.2) is 31.5 Å². The van der Waals surface area contributed by atoms with Crippen LogP contribution in [0.3, 0.4) is 0 Å². The van der Waals surface area contributed by atoms with Gasteiger partial charge < -0.3 is 15.0 Å². The number of para-hydroxylation sites is 2. The van der Waals surface area contributed by atoms with Gasteiger partial charge in [-0.1, -0.05) is 12.1 Å². The zero-order valence-electron chi connectivity index (χ0n) is 14.6. The first kappa shape index (κ1) is 19.4. The molecule has 2 amide bonds. The number of hydrogen-bond acceptors (Lipinski definition) is 3. The number of amides is 2. The molecule has 0 atom stereocenters. The van der Waals surface area contributed by atoms with Gasteiger partial charge in [0.15, 0.2) is 11.6 Å². The van der Waals surface area contributed by atoms with Crippen LogP contribution in [0.2, 0.25) is 0 Å². The molecule has 0 fully saturated rings. The minimum absolute atomic E-state index is 0.00740. The fourth-order valence-corrected chi connectivity index (χ4v) is 2.43. The highest BCUT2D eigenvalue weighted by molar-refractivity contribution is 5.95. The summed E-state index contributed by atoms with van der Waals surface area (Å²) in [6.07, 6.45) is 0. The van der Waals surface area contributed by atoms with Crippen molar-refractivity contribution in [2.45, 2.75) is 13.8 Å². The van der Waals surface area contributed by atoms with E-state index in [2.05, 4.69) is 5.32 Å². The normalized spacial score (nSPS) is 10.3. The predicted octanol–water partition coefficient (Wildman–Crippen LogP) is 3.15. The van der Waals surface area contributed by atoms with Gasteiger partial charge in [-0.3, -0.25) is 9.59 Å². The van der Waals surface area contributed by atoms with E-state index >= 15 is 0 Å². The third-order valence-corrected chi connectivity index (χ3v) is 3.64. The fourth-order valence-electron chi connectivity index (χ4n) is 2.43. The van der Waals surface area contributed by atoms with E-state index in [1.54, 1.807) is 24.3 Å². The van der Waals surface area contributed by atoms with Crippen molar-refractivity contribution in [1.82, 2.24) is 5.32 Å². The van der Waals surface area contributed by atoms with E-state index in [0.717, 1.165) is 12.1 Å². The van der Waals surface area contributed by atoms with E-state index in [9.17, 15) is 18.4 Å². The maximum Gasteiger partial charge on any atom is 0.251 e. The van der Waals surface area contributed by atoms with Gasteiger partial charge in [-0.05, 0) is 37.3 Å². The standard InChI is InChI=1S/C19H20F2N2O3/c1-3-26-18-7-5-4-6-17(18)23(13(2)24)11-10-22-19(25)14-8-9-15(20)16(21)12-14/h4-9,12H,3,10-11H2,1-2H3,(H,22,25). The van der Waals surface area contributed by atoms with Crippen LogP contribution in [0.25, 0.3) is 0 Å². The van der Waals surface area contributed by atoms with Crippen molar-refractivity contribution in [3.63, 3.8) is 0 Å². The predicted molar refractivity (Wildman–Crippen MR) is 94.3 cm³/mol. The quantitative estimate of drug-likeness (QED) is 0.823. The maximum absolute atomic E-state index is 13.2. The van der Waals surface area contributed by atoms with Crippen molar-refractivity contribution in [2.24, 2.45) is 0 Å².